The molecule has 3 N–H and O–H groups in total. The molecular weight excluding hydrogens is 390 g/mol. The van der Waals surface area contributed by atoms with Crippen molar-refractivity contribution in [2.45, 2.75) is 31.2 Å². The van der Waals surface area contributed by atoms with E-state index >= 15 is 0 Å². The predicted molar refractivity (Wildman–Crippen MR) is 119 cm³/mol. The summed E-state index contributed by atoms with van der Waals surface area (Å²) in [7, 11) is 0. The van der Waals surface area contributed by atoms with Crippen LogP contribution in [-0.2, 0) is 5.54 Å². The molecule has 1 aromatic carbocycles. The van der Waals surface area contributed by atoms with Crippen molar-refractivity contribution in [3.63, 3.8) is 0 Å². The molecule has 2 aliphatic heterocycles. The van der Waals surface area contributed by atoms with E-state index in [1.807, 2.05) is 41.3 Å². The summed E-state index contributed by atoms with van der Waals surface area (Å²) in [6.07, 6.45) is 7.39. The lowest BCUT2D eigenvalue weighted by Crippen LogP contribution is -2.46. The van der Waals surface area contributed by atoms with E-state index in [0.29, 0.717) is 5.82 Å². The largest absolute Gasteiger partial charge is 0.373 e. The smallest absolute Gasteiger partial charge is 0.253 e. The van der Waals surface area contributed by atoms with E-state index in [4.69, 9.17) is 4.98 Å². The van der Waals surface area contributed by atoms with Gasteiger partial charge in [-0.2, -0.15) is 5.10 Å². The minimum absolute atomic E-state index is 0.111. The molecule has 3 aromatic rings. The number of anilines is 1. The maximum Gasteiger partial charge on any atom is 0.253 e. The molecule has 0 bridgehead atoms. The highest BCUT2D eigenvalue weighted by Crippen LogP contribution is 2.34. The van der Waals surface area contributed by atoms with Gasteiger partial charge in [-0.25, -0.2) is 4.98 Å². The number of hydrogen-bond donors (Lipinski definition) is 3. The number of hydrogen-bond acceptors (Lipinski definition) is 6. The Bertz CT molecular complexity index is 1040. The predicted octanol–water partition coefficient (Wildman–Crippen LogP) is 2.79. The fourth-order valence-electron chi connectivity index (χ4n) is 4.49. The van der Waals surface area contributed by atoms with Crippen molar-refractivity contribution < 1.29 is 4.79 Å². The standard InChI is InChI=1S/C23H27N7O/c31-21(30-14-1-2-15-30)18-4-3-5-19(16-18)27-23(8-12-25-13-9-23)22-26-20(28-29-22)17-6-10-24-11-7-17/h3-7,10-11,16,25,27H,1-2,8-9,12-15H2,(H,26,28,29). The molecule has 2 fully saturated rings. The number of carbonyl (C=O) groups is 1. The Hall–Kier alpha value is -3.26. The van der Waals surface area contributed by atoms with Crippen LogP contribution in [-0.4, -0.2) is 57.2 Å². The first kappa shape index (κ1) is 19.7. The fourth-order valence-corrected chi connectivity index (χ4v) is 4.49. The number of benzene rings is 1. The zero-order valence-electron chi connectivity index (χ0n) is 17.5. The highest BCUT2D eigenvalue weighted by molar-refractivity contribution is 5.95. The third-order valence-electron chi connectivity index (χ3n) is 6.22. The molecule has 1 amide bonds. The lowest BCUT2D eigenvalue weighted by atomic mass is 9.87. The van der Waals surface area contributed by atoms with E-state index in [1.54, 1.807) is 12.4 Å². The third kappa shape index (κ3) is 4.03. The zero-order valence-corrected chi connectivity index (χ0v) is 17.5. The summed E-state index contributed by atoms with van der Waals surface area (Å²) in [6.45, 7) is 3.46. The second kappa shape index (κ2) is 8.47. The molecule has 0 atom stereocenters. The van der Waals surface area contributed by atoms with E-state index in [2.05, 4.69) is 25.8 Å². The van der Waals surface area contributed by atoms with Crippen LogP contribution in [0.3, 0.4) is 0 Å². The van der Waals surface area contributed by atoms with E-state index in [9.17, 15) is 4.79 Å². The Kier molecular flexibility index (Phi) is 5.38. The van der Waals surface area contributed by atoms with Crippen LogP contribution < -0.4 is 10.6 Å². The molecule has 31 heavy (non-hydrogen) atoms. The van der Waals surface area contributed by atoms with Gasteiger partial charge in [-0.05, 0) is 69.1 Å². The van der Waals surface area contributed by atoms with Crippen LogP contribution in [0.2, 0.25) is 0 Å². The number of H-pyrrole nitrogens is 1. The maximum atomic E-state index is 12.9. The Labute approximate surface area is 181 Å². The first-order valence-corrected chi connectivity index (χ1v) is 11.0. The molecular formula is C23H27N7O. The van der Waals surface area contributed by atoms with Crippen molar-refractivity contribution >= 4 is 11.6 Å². The van der Waals surface area contributed by atoms with Gasteiger partial charge in [-0.3, -0.25) is 14.9 Å². The molecule has 5 rings (SSSR count). The van der Waals surface area contributed by atoms with Crippen molar-refractivity contribution in [3.8, 4) is 11.4 Å². The van der Waals surface area contributed by atoms with Crippen molar-refractivity contribution in [2.24, 2.45) is 0 Å². The van der Waals surface area contributed by atoms with Crippen LogP contribution in [0, 0.1) is 0 Å². The monoisotopic (exact) mass is 417 g/mol. The maximum absolute atomic E-state index is 12.9. The molecule has 160 valence electrons. The van der Waals surface area contributed by atoms with E-state index in [0.717, 1.165) is 74.5 Å². The van der Waals surface area contributed by atoms with Crippen LogP contribution in [0.5, 0.6) is 0 Å². The molecule has 4 heterocycles. The summed E-state index contributed by atoms with van der Waals surface area (Å²) in [4.78, 5) is 23.7. The molecule has 2 aromatic heterocycles. The topological polar surface area (TPSA) is 98.8 Å². The highest BCUT2D eigenvalue weighted by atomic mass is 16.2. The SMILES string of the molecule is O=C(c1cccc(NC2(c3nc(-c4ccncc4)n[nH]3)CCNCC2)c1)N1CCCC1. The molecule has 0 aliphatic carbocycles. The van der Waals surface area contributed by atoms with Gasteiger partial charge in [0.15, 0.2) is 11.6 Å². The van der Waals surface area contributed by atoms with E-state index < -0.39 is 0 Å². The number of carbonyl (C=O) groups excluding carboxylic acids is 1. The van der Waals surface area contributed by atoms with Crippen molar-refractivity contribution in [1.82, 2.24) is 30.4 Å². The Morgan fingerprint density at radius 3 is 2.61 bits per heavy atom. The van der Waals surface area contributed by atoms with Gasteiger partial charge in [0.05, 0.1) is 5.54 Å². The van der Waals surface area contributed by atoms with Gasteiger partial charge >= 0.3 is 0 Å². The second-order valence-corrected chi connectivity index (χ2v) is 8.28. The number of aromatic amines is 1. The average molecular weight is 418 g/mol. The summed E-state index contributed by atoms with van der Waals surface area (Å²) >= 11 is 0. The number of piperidine rings is 1. The number of amides is 1. The van der Waals surface area contributed by atoms with Gasteiger partial charge in [0, 0.05) is 42.3 Å². The molecule has 0 saturated carbocycles. The van der Waals surface area contributed by atoms with Crippen LogP contribution in [0.1, 0.15) is 41.9 Å². The van der Waals surface area contributed by atoms with Gasteiger partial charge in [0.25, 0.3) is 5.91 Å². The lowest BCUT2D eigenvalue weighted by molar-refractivity contribution is 0.0793. The summed E-state index contributed by atoms with van der Waals surface area (Å²) < 4.78 is 0. The lowest BCUT2D eigenvalue weighted by Gasteiger charge is -2.37. The minimum Gasteiger partial charge on any atom is -0.373 e. The molecule has 0 radical (unpaired) electrons. The average Bonchev–Trinajstić information content (AvgIpc) is 3.53. The van der Waals surface area contributed by atoms with Crippen LogP contribution in [0.15, 0.2) is 48.8 Å². The zero-order chi connectivity index (χ0) is 21.1. The van der Waals surface area contributed by atoms with Crippen molar-refractivity contribution in [3.05, 3.63) is 60.2 Å². The summed E-state index contributed by atoms with van der Waals surface area (Å²) in [6, 6.07) is 11.6. The van der Waals surface area contributed by atoms with Gasteiger partial charge in [0.1, 0.15) is 0 Å². The number of pyridine rings is 1. The van der Waals surface area contributed by atoms with E-state index in [-0.39, 0.29) is 11.4 Å². The first-order chi connectivity index (χ1) is 15.2. The minimum atomic E-state index is -0.376. The third-order valence-corrected chi connectivity index (χ3v) is 6.22. The molecule has 2 aliphatic rings. The summed E-state index contributed by atoms with van der Waals surface area (Å²) in [5.74, 6) is 1.59. The second-order valence-electron chi connectivity index (χ2n) is 8.28. The van der Waals surface area contributed by atoms with Crippen LogP contribution in [0.4, 0.5) is 5.69 Å². The Morgan fingerprint density at radius 1 is 1.06 bits per heavy atom. The van der Waals surface area contributed by atoms with E-state index in [1.165, 1.54) is 0 Å². The number of rotatable bonds is 5. The molecule has 0 unspecified atom stereocenters. The van der Waals surface area contributed by atoms with Crippen molar-refractivity contribution in [2.75, 3.05) is 31.5 Å². The summed E-state index contributed by atoms with van der Waals surface area (Å²) in [5, 5.41) is 14.8. The Morgan fingerprint density at radius 2 is 1.84 bits per heavy atom. The number of nitrogens with one attached hydrogen (secondary N) is 3. The number of aromatic nitrogens is 4. The first-order valence-electron chi connectivity index (χ1n) is 11.0. The fraction of sp³-hybridized carbons (Fsp3) is 0.391. The molecule has 0 spiro atoms. The molecule has 8 nitrogen and oxygen atoms in total. The number of nitrogens with zero attached hydrogens (tertiary/aromatic N) is 4. The highest BCUT2D eigenvalue weighted by Gasteiger charge is 2.37. The molecule has 2 saturated heterocycles. The van der Waals surface area contributed by atoms with Crippen molar-refractivity contribution in [1.29, 1.82) is 0 Å². The van der Waals surface area contributed by atoms with Gasteiger partial charge in [-0.15, -0.1) is 0 Å². The van der Waals surface area contributed by atoms with Crippen LogP contribution >= 0.6 is 0 Å². The number of likely N-dealkylation sites (tertiary alicyclic amines) is 1. The Balaban J connectivity index is 1.43. The molecule has 8 heteroatoms. The van der Waals surface area contributed by atoms with Gasteiger partial charge in [0.2, 0.25) is 0 Å². The normalized spacial score (nSPS) is 18.1. The van der Waals surface area contributed by atoms with Gasteiger partial charge in [-0.1, -0.05) is 6.07 Å². The summed E-state index contributed by atoms with van der Waals surface area (Å²) in [5.41, 5.74) is 2.21. The van der Waals surface area contributed by atoms with Crippen LogP contribution in [0.25, 0.3) is 11.4 Å². The quantitative estimate of drug-likeness (QED) is 0.590. The van der Waals surface area contributed by atoms with Gasteiger partial charge < -0.3 is 15.5 Å².